The van der Waals surface area contributed by atoms with Crippen molar-refractivity contribution in [2.24, 2.45) is 0 Å². The van der Waals surface area contributed by atoms with Crippen molar-refractivity contribution in [3.05, 3.63) is 71.1 Å². The van der Waals surface area contributed by atoms with E-state index in [1.54, 1.807) is 12.1 Å². The molecule has 0 atom stereocenters. The van der Waals surface area contributed by atoms with Crippen molar-refractivity contribution >= 4 is 17.6 Å². The molecule has 3 rings (SSSR count). The fourth-order valence-corrected chi connectivity index (χ4v) is 2.32. The molecule has 0 aliphatic carbocycles. The van der Waals surface area contributed by atoms with Crippen molar-refractivity contribution in [3.63, 3.8) is 0 Å². The highest BCUT2D eigenvalue weighted by Gasteiger charge is 2.16. The van der Waals surface area contributed by atoms with Crippen molar-refractivity contribution in [2.45, 2.75) is 6.61 Å². The van der Waals surface area contributed by atoms with Gasteiger partial charge in [0, 0.05) is 10.6 Å². The van der Waals surface area contributed by atoms with Gasteiger partial charge in [0.1, 0.15) is 29.9 Å². The molecule has 0 aliphatic heterocycles. The number of esters is 1. The van der Waals surface area contributed by atoms with Gasteiger partial charge in [0.25, 0.3) is 0 Å². The van der Waals surface area contributed by atoms with Gasteiger partial charge in [-0.1, -0.05) is 29.8 Å². The molecule has 0 fully saturated rings. The second kappa shape index (κ2) is 7.19. The Labute approximate surface area is 143 Å². The zero-order valence-electron chi connectivity index (χ0n) is 12.9. The van der Waals surface area contributed by atoms with Gasteiger partial charge in [-0.3, -0.25) is 0 Å². The lowest BCUT2D eigenvalue weighted by Gasteiger charge is -2.08. The number of carbonyl (C=O) groups is 1. The summed E-state index contributed by atoms with van der Waals surface area (Å²) >= 11 is 5.92. The molecule has 0 unspecified atom stereocenters. The molecule has 0 N–H and O–H groups in total. The first-order valence-electron chi connectivity index (χ1n) is 7.18. The number of nitrogens with zero attached hydrogens (tertiary/aromatic N) is 1. The van der Waals surface area contributed by atoms with E-state index in [0.717, 1.165) is 5.56 Å². The van der Waals surface area contributed by atoms with Crippen LogP contribution in [0.15, 0.2) is 59.2 Å². The van der Waals surface area contributed by atoms with Crippen LogP contribution in [0.3, 0.4) is 0 Å². The first-order valence-corrected chi connectivity index (χ1v) is 7.55. The van der Waals surface area contributed by atoms with Crippen LogP contribution in [-0.4, -0.2) is 18.1 Å². The molecule has 0 spiro atoms. The van der Waals surface area contributed by atoms with Gasteiger partial charge in [0.15, 0.2) is 0 Å². The largest absolute Gasteiger partial charge is 0.496 e. The molecule has 0 aliphatic rings. The van der Waals surface area contributed by atoms with E-state index >= 15 is 0 Å². The lowest BCUT2D eigenvalue weighted by molar-refractivity contribution is 0.0464. The molecule has 1 aromatic heterocycles. The van der Waals surface area contributed by atoms with Crippen LogP contribution >= 0.6 is 11.6 Å². The zero-order chi connectivity index (χ0) is 16.9. The summed E-state index contributed by atoms with van der Waals surface area (Å²) in [5, 5.41) is 0.426. The number of aromatic nitrogens is 1. The van der Waals surface area contributed by atoms with Gasteiger partial charge >= 0.3 is 5.97 Å². The van der Waals surface area contributed by atoms with Crippen molar-refractivity contribution in [2.75, 3.05) is 7.11 Å². The highest BCUT2D eigenvalue weighted by molar-refractivity contribution is 6.31. The fourth-order valence-electron chi connectivity index (χ4n) is 2.14. The van der Waals surface area contributed by atoms with Gasteiger partial charge < -0.3 is 13.9 Å². The number of halogens is 1. The summed E-state index contributed by atoms with van der Waals surface area (Å²) in [5.74, 6) is 0.329. The van der Waals surface area contributed by atoms with Crippen molar-refractivity contribution in [1.82, 2.24) is 4.98 Å². The number of hydrogen-bond donors (Lipinski definition) is 0. The molecule has 0 saturated carbocycles. The normalized spacial score (nSPS) is 10.4. The van der Waals surface area contributed by atoms with Crippen LogP contribution in [0, 0.1) is 0 Å². The third-order valence-corrected chi connectivity index (χ3v) is 3.54. The Hall–Kier alpha value is -2.79. The lowest BCUT2D eigenvalue weighted by atomic mass is 10.2. The summed E-state index contributed by atoms with van der Waals surface area (Å²) in [5.41, 5.74) is 1.63. The second-order valence-corrected chi connectivity index (χ2v) is 5.37. The Morgan fingerprint density at radius 2 is 2.00 bits per heavy atom. The first kappa shape index (κ1) is 16.1. The van der Waals surface area contributed by atoms with E-state index in [-0.39, 0.29) is 12.2 Å². The average Bonchev–Trinajstić information content (AvgIpc) is 3.09. The number of carbonyl (C=O) groups excluding carboxylic acids is 1. The summed E-state index contributed by atoms with van der Waals surface area (Å²) in [4.78, 5) is 16.5. The molecule has 0 bridgehead atoms. The van der Waals surface area contributed by atoms with E-state index in [9.17, 15) is 4.79 Å². The van der Waals surface area contributed by atoms with Crippen LogP contribution < -0.4 is 4.74 Å². The van der Waals surface area contributed by atoms with Crippen LogP contribution in [0.5, 0.6) is 5.75 Å². The summed E-state index contributed by atoms with van der Waals surface area (Å²) in [6.45, 7) is -0.00909. The maximum Gasteiger partial charge on any atom is 0.342 e. The summed E-state index contributed by atoms with van der Waals surface area (Å²) in [6, 6.07) is 14.2. The quantitative estimate of drug-likeness (QED) is 0.644. The van der Waals surface area contributed by atoms with Crippen LogP contribution in [0.4, 0.5) is 0 Å². The Bertz CT molecular complexity index is 845. The first-order chi connectivity index (χ1) is 11.7. The Kier molecular flexibility index (Phi) is 4.82. The predicted octanol–water partition coefficient (Wildman–Crippen LogP) is 4.36. The second-order valence-electron chi connectivity index (χ2n) is 4.93. The zero-order valence-corrected chi connectivity index (χ0v) is 13.6. The van der Waals surface area contributed by atoms with Gasteiger partial charge in [0.2, 0.25) is 5.89 Å². The minimum absolute atomic E-state index is 0.00909. The molecule has 2 aromatic carbocycles. The number of oxazole rings is 1. The van der Waals surface area contributed by atoms with Crippen molar-refractivity contribution < 1.29 is 18.7 Å². The van der Waals surface area contributed by atoms with Crippen LogP contribution in [0.25, 0.3) is 11.5 Å². The standard InChI is InChI=1S/C18H14ClNO4/c1-22-16-8-7-13(19)9-15(16)18(21)24-11-14-10-23-17(20-14)12-5-3-2-4-6-12/h2-10H,11H2,1H3. The number of hydrogen-bond acceptors (Lipinski definition) is 5. The van der Waals surface area contributed by atoms with Crippen molar-refractivity contribution in [1.29, 1.82) is 0 Å². The average molecular weight is 344 g/mol. The Morgan fingerprint density at radius 1 is 1.21 bits per heavy atom. The Morgan fingerprint density at radius 3 is 2.75 bits per heavy atom. The third kappa shape index (κ3) is 3.58. The summed E-state index contributed by atoms with van der Waals surface area (Å²) < 4.78 is 15.8. The van der Waals surface area contributed by atoms with E-state index in [4.69, 9.17) is 25.5 Å². The van der Waals surface area contributed by atoms with Gasteiger partial charge in [-0.25, -0.2) is 9.78 Å². The monoisotopic (exact) mass is 343 g/mol. The van der Waals surface area contributed by atoms with E-state index in [2.05, 4.69) is 4.98 Å². The molecule has 0 saturated heterocycles. The molecule has 5 nitrogen and oxygen atoms in total. The molecule has 3 aromatic rings. The summed E-state index contributed by atoms with van der Waals surface area (Å²) in [7, 11) is 1.48. The molecule has 0 amide bonds. The molecule has 1 heterocycles. The predicted molar refractivity (Wildman–Crippen MR) is 89.1 cm³/mol. The smallest absolute Gasteiger partial charge is 0.342 e. The minimum atomic E-state index is -0.543. The number of ether oxygens (including phenoxy) is 2. The van der Waals surface area contributed by atoms with Gasteiger partial charge in [-0.2, -0.15) is 0 Å². The topological polar surface area (TPSA) is 61.6 Å². The van der Waals surface area contributed by atoms with E-state index < -0.39 is 5.97 Å². The lowest BCUT2D eigenvalue weighted by Crippen LogP contribution is -2.07. The van der Waals surface area contributed by atoms with Crippen LogP contribution in [-0.2, 0) is 11.3 Å². The Balaban J connectivity index is 1.69. The third-order valence-electron chi connectivity index (χ3n) is 3.31. The molecule has 24 heavy (non-hydrogen) atoms. The molecular formula is C18H14ClNO4. The van der Waals surface area contributed by atoms with Crippen LogP contribution in [0.1, 0.15) is 16.1 Å². The highest BCUT2D eigenvalue weighted by atomic mass is 35.5. The van der Waals surface area contributed by atoms with E-state index in [0.29, 0.717) is 22.4 Å². The molecule has 122 valence electrons. The summed E-state index contributed by atoms with van der Waals surface area (Å²) in [6.07, 6.45) is 1.46. The van der Waals surface area contributed by atoms with Crippen molar-refractivity contribution in [3.8, 4) is 17.2 Å². The number of rotatable bonds is 5. The van der Waals surface area contributed by atoms with Gasteiger partial charge in [-0.15, -0.1) is 0 Å². The number of benzene rings is 2. The van der Waals surface area contributed by atoms with E-state index in [1.165, 1.54) is 19.4 Å². The van der Waals surface area contributed by atoms with E-state index in [1.807, 2.05) is 30.3 Å². The minimum Gasteiger partial charge on any atom is -0.496 e. The highest BCUT2D eigenvalue weighted by Crippen LogP contribution is 2.24. The van der Waals surface area contributed by atoms with Crippen LogP contribution in [0.2, 0.25) is 5.02 Å². The molecular weight excluding hydrogens is 330 g/mol. The SMILES string of the molecule is COc1ccc(Cl)cc1C(=O)OCc1coc(-c2ccccc2)n1. The molecule has 0 radical (unpaired) electrons. The maximum absolute atomic E-state index is 12.2. The number of methoxy groups -OCH3 is 1. The van der Waals surface area contributed by atoms with Gasteiger partial charge in [-0.05, 0) is 30.3 Å². The maximum atomic E-state index is 12.2. The molecule has 6 heteroatoms. The fraction of sp³-hybridized carbons (Fsp3) is 0.111. The van der Waals surface area contributed by atoms with Gasteiger partial charge in [0.05, 0.1) is 7.11 Å².